The topological polar surface area (TPSA) is 24.9 Å². The first-order valence-corrected chi connectivity index (χ1v) is 29.5. The van der Waals surface area contributed by atoms with E-state index in [9.17, 15) is 0 Å². The normalized spacial score (nSPS) is 14.8. The van der Waals surface area contributed by atoms with Gasteiger partial charge in [-0.15, -0.1) is 0 Å². The number of hydrogen-bond donors (Lipinski definition) is 0. The second kappa shape index (κ2) is 17.3. The molecule has 81 heavy (non-hydrogen) atoms. The van der Waals surface area contributed by atoms with E-state index in [0.29, 0.717) is 0 Å². The fourth-order valence-electron chi connectivity index (χ4n) is 16.1. The van der Waals surface area contributed by atoms with Crippen LogP contribution >= 0.6 is 0 Å². The molecule has 0 saturated heterocycles. The Hall–Kier alpha value is -7.83. The van der Waals surface area contributed by atoms with Crippen LogP contribution in [0.5, 0.6) is 0 Å². The van der Waals surface area contributed by atoms with E-state index in [1.165, 1.54) is 184 Å². The number of aryl methyl sites for hydroxylation is 9. The lowest BCUT2D eigenvalue weighted by atomic mass is 9.87. The molecule has 6 aromatic carbocycles. The van der Waals surface area contributed by atoms with Gasteiger partial charge in [0.05, 0.1) is 0 Å². The lowest BCUT2D eigenvalue weighted by molar-refractivity contribution is -0.736. The van der Waals surface area contributed by atoms with Gasteiger partial charge in [-0.1, -0.05) is 91.0 Å². The van der Waals surface area contributed by atoms with E-state index in [2.05, 4.69) is 281 Å². The average molecular weight is 1070 g/mol. The van der Waals surface area contributed by atoms with Crippen LogP contribution in [0.15, 0.2) is 109 Å². The zero-order valence-electron chi connectivity index (χ0n) is 52.1. The Bertz CT molecular complexity index is 4740. The monoisotopic (exact) mass is 1070 g/mol. The zero-order valence-corrected chi connectivity index (χ0v) is 52.1. The molecule has 0 amide bonds. The maximum absolute atomic E-state index is 2.57. The molecule has 0 fully saturated rings. The highest BCUT2D eigenvalue weighted by Gasteiger charge is 2.50. The van der Waals surface area contributed by atoms with E-state index < -0.39 is 0 Å². The standard InChI is InChI=1S/3C25H27N2/c1-14-15(2)17(4)26-18(5)27-24(23(26)16(14)3)21-12-19-10-8-9-11-20(19)13-22(21)25(27,6)7;1-14-15(2)17(4)26-18(5)27-24(23(26)16(14)3)22-20-11-9-8-10-19(20)12-13-21(22)25(27,6)7;1-14-15(2)17(4)26-18(5)27-24(23(26)16(14)3)21-13-12-19-10-8-9-11-20(19)22(21)25(27,6)7/h3*8-13H,1-7H3/q3*+1. The van der Waals surface area contributed by atoms with Gasteiger partial charge in [0, 0.05) is 70.8 Å². The highest BCUT2D eigenvalue weighted by atomic mass is 15.2. The maximum Gasteiger partial charge on any atom is 0.259 e. The van der Waals surface area contributed by atoms with Crippen molar-refractivity contribution in [1.82, 2.24) is 13.2 Å². The first-order chi connectivity index (χ1) is 38.3. The van der Waals surface area contributed by atoms with Gasteiger partial charge in [-0.25, -0.2) is 13.7 Å². The minimum atomic E-state index is -0.0810. The molecule has 0 saturated carbocycles. The van der Waals surface area contributed by atoms with Gasteiger partial charge < -0.3 is 0 Å². The molecule has 6 aromatic heterocycles. The second-order valence-corrected chi connectivity index (χ2v) is 26.0. The quantitative estimate of drug-likeness (QED) is 0.135. The third kappa shape index (κ3) is 6.65. The van der Waals surface area contributed by atoms with Gasteiger partial charge in [-0.05, 0) is 209 Å². The van der Waals surface area contributed by atoms with Crippen LogP contribution in [0.25, 0.3) is 82.6 Å². The number of aromatic nitrogens is 6. The molecular weight excluding hydrogens is 985 g/mol. The maximum atomic E-state index is 2.57. The highest BCUT2D eigenvalue weighted by Crippen LogP contribution is 2.49. The van der Waals surface area contributed by atoms with Crippen molar-refractivity contribution in [2.45, 2.75) is 162 Å². The largest absolute Gasteiger partial charge is 0.259 e. The van der Waals surface area contributed by atoms with Gasteiger partial charge in [0.1, 0.15) is 33.7 Å². The van der Waals surface area contributed by atoms with Gasteiger partial charge in [-0.3, -0.25) is 0 Å². The summed E-state index contributed by atoms with van der Waals surface area (Å²) < 4.78 is 15.1. The number of rotatable bonds is 0. The average Bonchev–Trinajstić information content (AvgIpc) is 1.85. The number of hydrogen-bond acceptors (Lipinski definition) is 0. The fourth-order valence-corrected chi connectivity index (χ4v) is 16.1. The fraction of sp³-hybridized carbons (Fsp3) is 0.320. The van der Waals surface area contributed by atoms with Crippen molar-refractivity contribution >= 4 is 48.9 Å². The van der Waals surface area contributed by atoms with Crippen LogP contribution in [0.1, 0.15) is 143 Å². The smallest absolute Gasteiger partial charge is 0.217 e. The predicted octanol–water partition coefficient (Wildman–Crippen LogP) is 17.1. The molecule has 408 valence electrons. The van der Waals surface area contributed by atoms with Crippen LogP contribution < -0.4 is 13.7 Å². The number of benzene rings is 6. The molecule has 0 spiro atoms. The van der Waals surface area contributed by atoms with E-state index in [4.69, 9.17) is 0 Å². The van der Waals surface area contributed by atoms with Crippen molar-refractivity contribution in [1.29, 1.82) is 0 Å². The molecule has 6 nitrogen and oxygen atoms in total. The molecule has 0 atom stereocenters. The molecule has 15 rings (SSSR count). The van der Waals surface area contributed by atoms with E-state index in [1.807, 2.05) is 0 Å². The molecule has 0 bridgehead atoms. The molecule has 0 N–H and O–H groups in total. The number of pyridine rings is 3. The molecule has 0 aliphatic carbocycles. The van der Waals surface area contributed by atoms with Crippen LogP contribution in [-0.4, -0.2) is 13.2 Å². The Morgan fingerprint density at radius 3 is 1.19 bits per heavy atom. The summed E-state index contributed by atoms with van der Waals surface area (Å²) in [6.07, 6.45) is 0. The number of fused-ring (bicyclic) bond motifs is 20. The van der Waals surface area contributed by atoms with Crippen LogP contribution in [0.2, 0.25) is 0 Å². The van der Waals surface area contributed by atoms with E-state index in [1.54, 1.807) is 0 Å². The van der Waals surface area contributed by atoms with Crippen LogP contribution in [-0.2, 0) is 16.6 Å². The highest BCUT2D eigenvalue weighted by molar-refractivity contribution is 6.02. The molecule has 3 aliphatic heterocycles. The van der Waals surface area contributed by atoms with Crippen LogP contribution in [0.4, 0.5) is 0 Å². The minimum Gasteiger partial charge on any atom is -0.217 e. The number of nitrogens with zero attached hydrogens (tertiary/aromatic N) is 6. The summed E-state index contributed by atoms with van der Waals surface area (Å²) in [5, 5.41) is 8.01. The molecular formula is C75H81N6+3. The Labute approximate surface area is 479 Å². The summed E-state index contributed by atoms with van der Waals surface area (Å²) in [6, 6.07) is 40.3. The first kappa shape index (κ1) is 52.5. The van der Waals surface area contributed by atoms with Crippen molar-refractivity contribution in [2.75, 3.05) is 0 Å². The van der Waals surface area contributed by atoms with Crippen LogP contribution in [0.3, 0.4) is 0 Å². The molecule has 0 unspecified atom stereocenters. The van der Waals surface area contributed by atoms with Gasteiger partial charge in [0.15, 0.2) is 33.6 Å². The third-order valence-electron chi connectivity index (χ3n) is 21.1. The Morgan fingerprint density at radius 1 is 0.309 bits per heavy atom. The molecule has 3 aliphatic rings. The zero-order chi connectivity index (χ0) is 57.7. The summed E-state index contributed by atoms with van der Waals surface area (Å²) in [5.74, 6) is 3.94. The first-order valence-electron chi connectivity index (χ1n) is 29.5. The molecule has 12 aromatic rings. The van der Waals surface area contributed by atoms with Crippen molar-refractivity contribution in [3.63, 3.8) is 0 Å². The predicted molar refractivity (Wildman–Crippen MR) is 338 cm³/mol. The van der Waals surface area contributed by atoms with Gasteiger partial charge in [0.25, 0.3) is 17.5 Å². The second-order valence-electron chi connectivity index (χ2n) is 26.0. The lowest BCUT2D eigenvalue weighted by Gasteiger charge is -2.20. The molecule has 9 heterocycles. The number of imidazole rings is 3. The third-order valence-corrected chi connectivity index (χ3v) is 21.1. The van der Waals surface area contributed by atoms with Crippen molar-refractivity contribution in [3.8, 4) is 33.8 Å². The Balaban J connectivity index is 0.000000114. The minimum absolute atomic E-state index is 0.0640. The van der Waals surface area contributed by atoms with Crippen molar-refractivity contribution in [3.05, 3.63) is 211 Å². The van der Waals surface area contributed by atoms with Gasteiger partial charge >= 0.3 is 0 Å². The summed E-state index contributed by atoms with van der Waals surface area (Å²) in [6.45, 7) is 48.1. The van der Waals surface area contributed by atoms with Gasteiger partial charge in [0.2, 0.25) is 0 Å². The Morgan fingerprint density at radius 2 is 0.679 bits per heavy atom. The lowest BCUT2D eigenvalue weighted by Crippen LogP contribution is -2.51. The van der Waals surface area contributed by atoms with Gasteiger partial charge in [-0.2, -0.15) is 13.2 Å². The van der Waals surface area contributed by atoms with Crippen molar-refractivity contribution in [2.24, 2.45) is 0 Å². The van der Waals surface area contributed by atoms with Crippen LogP contribution in [0, 0.1) is 104 Å². The summed E-state index contributed by atoms with van der Waals surface area (Å²) in [5.41, 5.74) is 33.2. The molecule has 0 radical (unpaired) electrons. The Kier molecular flexibility index (Phi) is 11.3. The summed E-state index contributed by atoms with van der Waals surface area (Å²) in [4.78, 5) is 0. The molecule has 6 heteroatoms. The van der Waals surface area contributed by atoms with E-state index >= 15 is 0 Å². The SMILES string of the molecule is Cc1c(C)c(C)n2c(C)[n+]3c(c2c1C)-c1c(ccc2ccccc12)C3(C)C.Cc1c(C)c(C)n2c(C)[n+]3c(c2c1C)-c1cc2ccccc2cc1C3(C)C.Cc1c(C)c(C)n2c(C)[n+]3c(c2c1C)-c1ccc2ccccc2c1C3(C)C. The van der Waals surface area contributed by atoms with Crippen molar-refractivity contribution < 1.29 is 13.7 Å². The van der Waals surface area contributed by atoms with E-state index in [-0.39, 0.29) is 16.6 Å². The van der Waals surface area contributed by atoms with E-state index in [0.717, 1.165) is 0 Å². The summed E-state index contributed by atoms with van der Waals surface area (Å²) in [7, 11) is 0. The summed E-state index contributed by atoms with van der Waals surface area (Å²) >= 11 is 0.